The molecule has 0 fully saturated rings. The molecule has 0 aromatic carbocycles. The number of hydrogen-bond donors (Lipinski definition) is 0. The van der Waals surface area contributed by atoms with Gasteiger partial charge in [-0.3, -0.25) is 0 Å². The second-order valence-corrected chi connectivity index (χ2v) is 7.42. The predicted octanol–water partition coefficient (Wildman–Crippen LogP) is 1.62. The quantitative estimate of drug-likeness (QED) is 0.402. The van der Waals surface area contributed by atoms with E-state index in [9.17, 15) is 4.91 Å². The van der Waals surface area contributed by atoms with Gasteiger partial charge in [-0.1, -0.05) is 0 Å². The highest BCUT2D eigenvalue weighted by molar-refractivity contribution is 7.73. The summed E-state index contributed by atoms with van der Waals surface area (Å²) in [5, 5.41) is 2.81. The van der Waals surface area contributed by atoms with Crippen LogP contribution in [0.4, 0.5) is 0 Å². The zero-order valence-corrected chi connectivity index (χ0v) is 5.90. The minimum atomic E-state index is -0.895. The first-order chi connectivity index (χ1) is 3.06. The highest BCUT2D eigenvalue weighted by Gasteiger charge is 2.15. The largest absolute Gasteiger partial charge is 0.187 e. The van der Waals surface area contributed by atoms with Crippen LogP contribution in [-0.2, 0) is 0 Å². The van der Waals surface area contributed by atoms with Gasteiger partial charge in [-0.05, 0) is 5.18 Å². The van der Waals surface area contributed by atoms with Gasteiger partial charge in [0.2, 0.25) is 0 Å². The average Bonchev–Trinajstić information content (AvgIpc) is 1.30. The second-order valence-electron chi connectivity index (χ2n) is 2.56. The molecule has 0 N–H and O–H groups in total. The Labute approximate surface area is 44.6 Å². The van der Waals surface area contributed by atoms with Crippen molar-refractivity contribution >= 4 is 7.26 Å². The molecule has 0 aliphatic heterocycles. The summed E-state index contributed by atoms with van der Waals surface area (Å²) in [6.07, 6.45) is 0.521. The molecule has 0 aliphatic carbocycles. The van der Waals surface area contributed by atoms with Crippen molar-refractivity contribution in [1.29, 1.82) is 0 Å². The molecule has 0 amide bonds. The van der Waals surface area contributed by atoms with Crippen molar-refractivity contribution in [3.8, 4) is 0 Å². The van der Waals surface area contributed by atoms with Crippen molar-refractivity contribution in [3.05, 3.63) is 4.91 Å². The average molecular weight is 120 g/mol. The summed E-state index contributed by atoms with van der Waals surface area (Å²) in [5.74, 6) is 0. The molecule has 0 aromatic heterocycles. The first kappa shape index (κ1) is 7.03. The van der Waals surface area contributed by atoms with Gasteiger partial charge in [0.25, 0.3) is 0 Å². The Morgan fingerprint density at radius 3 is 1.86 bits per heavy atom. The molecule has 0 aliphatic rings. The summed E-state index contributed by atoms with van der Waals surface area (Å²) in [7, 11) is -0.895. The summed E-state index contributed by atoms with van der Waals surface area (Å²) < 4.78 is 0. The summed E-state index contributed by atoms with van der Waals surface area (Å²) in [6.45, 7) is 6.28. The maximum atomic E-state index is 9.60. The van der Waals surface area contributed by atoms with E-state index >= 15 is 0 Å². The van der Waals surface area contributed by atoms with Gasteiger partial charge in [-0.25, -0.2) is 0 Å². The van der Waals surface area contributed by atoms with Crippen molar-refractivity contribution in [2.75, 3.05) is 26.3 Å². The Kier molecular flexibility index (Phi) is 2.38. The van der Waals surface area contributed by atoms with E-state index in [2.05, 4.69) is 25.2 Å². The minimum Gasteiger partial charge on any atom is -0.147 e. The lowest BCUT2D eigenvalue weighted by atomic mass is 11.5. The Hall–Kier alpha value is 0.0300. The van der Waals surface area contributed by atoms with Crippen LogP contribution in [0, 0.1) is 4.91 Å². The standard InChI is InChI=1S/C4H11NOP/c1-7(2,3)4-5-6/h4H2,1-3H3/q+1. The fraction of sp³-hybridized carbons (Fsp3) is 1.00. The summed E-state index contributed by atoms with van der Waals surface area (Å²) in [6, 6.07) is 0. The third kappa shape index (κ3) is 6.03. The first-order valence-corrected chi connectivity index (χ1v) is 5.47. The number of rotatable bonds is 2. The lowest BCUT2D eigenvalue weighted by molar-refractivity contribution is 1.32. The van der Waals surface area contributed by atoms with E-state index in [0.29, 0.717) is 6.29 Å². The van der Waals surface area contributed by atoms with E-state index in [1.807, 2.05) is 0 Å². The minimum absolute atomic E-state index is 0.521. The molecule has 0 saturated heterocycles. The van der Waals surface area contributed by atoms with Gasteiger partial charge in [0, 0.05) is 7.26 Å². The molecular formula is C4H11NOP+. The molecule has 0 bridgehead atoms. The lowest BCUT2D eigenvalue weighted by Crippen LogP contribution is -1.86. The van der Waals surface area contributed by atoms with Crippen LogP contribution in [0.25, 0.3) is 0 Å². The number of nitroso groups, excluding NO2 is 1. The predicted molar refractivity (Wildman–Crippen MR) is 35.4 cm³/mol. The van der Waals surface area contributed by atoms with Crippen LogP contribution in [-0.4, -0.2) is 26.3 Å². The smallest absolute Gasteiger partial charge is 0.147 e. The summed E-state index contributed by atoms with van der Waals surface area (Å²) in [5.41, 5.74) is 0. The van der Waals surface area contributed by atoms with E-state index < -0.39 is 7.26 Å². The summed E-state index contributed by atoms with van der Waals surface area (Å²) in [4.78, 5) is 9.60. The normalized spacial score (nSPS) is 11.3. The molecule has 0 atom stereocenters. The molecule has 0 rings (SSSR count). The number of nitrogens with zero attached hydrogens (tertiary/aromatic N) is 1. The number of hydrogen-bond acceptors (Lipinski definition) is 2. The van der Waals surface area contributed by atoms with Crippen LogP contribution in [0.15, 0.2) is 5.18 Å². The highest BCUT2D eigenvalue weighted by Crippen LogP contribution is 2.45. The van der Waals surface area contributed by atoms with Crippen molar-refractivity contribution in [2.45, 2.75) is 0 Å². The van der Waals surface area contributed by atoms with Crippen molar-refractivity contribution in [3.63, 3.8) is 0 Å². The van der Waals surface area contributed by atoms with Gasteiger partial charge in [-0.15, -0.1) is 4.91 Å². The zero-order valence-electron chi connectivity index (χ0n) is 5.01. The Bertz CT molecular complexity index is 66.6. The lowest BCUT2D eigenvalue weighted by Gasteiger charge is -2.02. The van der Waals surface area contributed by atoms with Crippen molar-refractivity contribution < 1.29 is 0 Å². The fourth-order valence-corrected chi connectivity index (χ4v) is 0.520. The van der Waals surface area contributed by atoms with Crippen molar-refractivity contribution in [2.24, 2.45) is 5.18 Å². The molecule has 0 heterocycles. The highest BCUT2D eigenvalue weighted by atomic mass is 31.2. The molecule has 42 valence electrons. The molecule has 3 heteroatoms. The monoisotopic (exact) mass is 120 g/mol. The maximum Gasteiger partial charge on any atom is 0.187 e. The topological polar surface area (TPSA) is 29.4 Å². The van der Waals surface area contributed by atoms with Crippen LogP contribution in [0.3, 0.4) is 0 Å². The van der Waals surface area contributed by atoms with Gasteiger partial charge in [0.15, 0.2) is 6.29 Å². The molecular weight excluding hydrogens is 109 g/mol. The van der Waals surface area contributed by atoms with Crippen LogP contribution in [0.2, 0.25) is 0 Å². The Morgan fingerprint density at radius 2 is 1.86 bits per heavy atom. The van der Waals surface area contributed by atoms with E-state index in [0.717, 1.165) is 0 Å². The van der Waals surface area contributed by atoms with Gasteiger partial charge in [0.05, 0.1) is 20.0 Å². The van der Waals surface area contributed by atoms with Crippen LogP contribution >= 0.6 is 7.26 Å². The van der Waals surface area contributed by atoms with Gasteiger partial charge in [0.1, 0.15) is 0 Å². The molecule has 0 saturated carbocycles. The molecule has 0 spiro atoms. The third-order valence-electron chi connectivity index (χ3n) is 0.482. The van der Waals surface area contributed by atoms with Gasteiger partial charge in [-0.2, -0.15) is 0 Å². The van der Waals surface area contributed by atoms with E-state index in [1.54, 1.807) is 0 Å². The van der Waals surface area contributed by atoms with Gasteiger partial charge < -0.3 is 0 Å². The van der Waals surface area contributed by atoms with E-state index in [1.165, 1.54) is 0 Å². The summed E-state index contributed by atoms with van der Waals surface area (Å²) >= 11 is 0. The molecule has 2 nitrogen and oxygen atoms in total. The second kappa shape index (κ2) is 2.37. The van der Waals surface area contributed by atoms with Crippen LogP contribution in [0.1, 0.15) is 0 Å². The third-order valence-corrected chi connectivity index (χ3v) is 1.45. The zero-order chi connectivity index (χ0) is 5.91. The van der Waals surface area contributed by atoms with Crippen LogP contribution in [0.5, 0.6) is 0 Å². The van der Waals surface area contributed by atoms with E-state index in [4.69, 9.17) is 0 Å². The van der Waals surface area contributed by atoms with E-state index in [-0.39, 0.29) is 0 Å². The molecule has 7 heavy (non-hydrogen) atoms. The van der Waals surface area contributed by atoms with Crippen LogP contribution < -0.4 is 0 Å². The van der Waals surface area contributed by atoms with Crippen molar-refractivity contribution in [1.82, 2.24) is 0 Å². The molecule has 0 aromatic rings. The Morgan fingerprint density at radius 1 is 1.43 bits per heavy atom. The SMILES string of the molecule is C[P+](C)(C)CN=O. The maximum absolute atomic E-state index is 9.60. The fourth-order valence-electron chi connectivity index (χ4n) is 0.173. The van der Waals surface area contributed by atoms with Gasteiger partial charge >= 0.3 is 0 Å². The molecule has 0 unspecified atom stereocenters. The Balaban J connectivity index is 3.34. The molecule has 0 radical (unpaired) electrons. The first-order valence-electron chi connectivity index (χ1n) is 2.16.